The third kappa shape index (κ3) is 2.18. The van der Waals surface area contributed by atoms with Crippen LogP contribution >= 0.6 is 0 Å². The van der Waals surface area contributed by atoms with Gasteiger partial charge in [0.25, 0.3) is 0 Å². The molecule has 1 aliphatic heterocycles. The lowest BCUT2D eigenvalue weighted by atomic mass is 10.1. The zero-order chi connectivity index (χ0) is 9.19. The lowest BCUT2D eigenvalue weighted by Crippen LogP contribution is -2.41. The maximum atomic E-state index is 11.3. The molecule has 0 aliphatic carbocycles. The average molecular weight is 191 g/mol. The van der Waals surface area contributed by atoms with E-state index in [0.29, 0.717) is 25.9 Å². The smallest absolute Gasteiger partial charge is 0.213 e. The minimum Gasteiger partial charge on any atom is -0.254 e. The zero-order valence-electron chi connectivity index (χ0n) is 7.28. The topological polar surface area (TPSA) is 61.2 Å². The molecule has 12 heavy (non-hydrogen) atoms. The fourth-order valence-electron chi connectivity index (χ4n) is 1.32. The molecule has 0 saturated carbocycles. The van der Waals surface area contributed by atoms with E-state index in [1.807, 2.05) is 0 Å². The van der Waals surface area contributed by atoms with Crippen molar-refractivity contribution in [1.29, 1.82) is 0 Å². The van der Waals surface area contributed by atoms with E-state index in [4.69, 9.17) is 5.73 Å². The Labute approximate surface area is 73.8 Å². The summed E-state index contributed by atoms with van der Waals surface area (Å²) in [6.07, 6.45) is 1.36. The molecule has 4 nitrogen and oxygen atoms in total. The lowest BCUT2D eigenvalue weighted by molar-refractivity contribution is 0.316. The van der Waals surface area contributed by atoms with Gasteiger partial charge >= 0.3 is 0 Å². The highest BCUT2D eigenvalue weighted by Gasteiger charge is 2.24. The molecule has 0 atom stereocenters. The standard InChI is InChI=1S/C7H15N2O2S/c1-2-12(10,11)9-5-3-7(8)4-6-9/h7-8H,2-6H2,1H3. The van der Waals surface area contributed by atoms with Gasteiger partial charge in [0.1, 0.15) is 0 Å². The minimum atomic E-state index is -2.99. The molecule has 1 saturated heterocycles. The van der Waals surface area contributed by atoms with E-state index in [0.717, 1.165) is 0 Å². The minimum absolute atomic E-state index is 0.0618. The number of nitrogens with zero attached hydrogens (tertiary/aromatic N) is 1. The van der Waals surface area contributed by atoms with Gasteiger partial charge in [-0.25, -0.2) is 12.7 Å². The van der Waals surface area contributed by atoms with Crippen LogP contribution in [0.4, 0.5) is 0 Å². The summed E-state index contributed by atoms with van der Waals surface area (Å²) < 4.78 is 24.1. The van der Waals surface area contributed by atoms with Crippen LogP contribution in [0.15, 0.2) is 0 Å². The molecule has 0 spiro atoms. The monoisotopic (exact) mass is 191 g/mol. The van der Waals surface area contributed by atoms with Crippen molar-refractivity contribution >= 4 is 10.0 Å². The van der Waals surface area contributed by atoms with Crippen molar-refractivity contribution in [3.8, 4) is 0 Å². The van der Waals surface area contributed by atoms with E-state index in [9.17, 15) is 8.42 Å². The van der Waals surface area contributed by atoms with Crippen molar-refractivity contribution in [2.24, 2.45) is 0 Å². The first-order valence-electron chi connectivity index (χ1n) is 4.25. The van der Waals surface area contributed by atoms with Crippen LogP contribution in [-0.4, -0.2) is 37.6 Å². The summed E-state index contributed by atoms with van der Waals surface area (Å²) in [6, 6.07) is -0.0618. The molecule has 1 N–H and O–H groups in total. The number of nitrogens with one attached hydrogen (secondary N) is 1. The van der Waals surface area contributed by atoms with Gasteiger partial charge in [-0.3, -0.25) is 5.73 Å². The Hall–Kier alpha value is -0.130. The van der Waals surface area contributed by atoms with Crippen molar-refractivity contribution in [3.63, 3.8) is 0 Å². The van der Waals surface area contributed by atoms with Crippen LogP contribution in [0, 0.1) is 0 Å². The van der Waals surface area contributed by atoms with Gasteiger partial charge in [-0.1, -0.05) is 0 Å². The molecule has 0 aromatic carbocycles. The Bertz CT molecular complexity index is 230. The summed E-state index contributed by atoms with van der Waals surface area (Å²) in [4.78, 5) is 0. The van der Waals surface area contributed by atoms with Crippen molar-refractivity contribution in [3.05, 3.63) is 0 Å². The van der Waals surface area contributed by atoms with Gasteiger partial charge in [0.15, 0.2) is 0 Å². The van der Waals surface area contributed by atoms with E-state index in [1.54, 1.807) is 6.92 Å². The highest BCUT2D eigenvalue weighted by Crippen LogP contribution is 2.13. The molecule has 0 aromatic heterocycles. The molecular formula is C7H15N2O2S. The molecule has 1 fully saturated rings. The van der Waals surface area contributed by atoms with E-state index in [-0.39, 0.29) is 11.8 Å². The number of hydrogen-bond donors (Lipinski definition) is 0. The Balaban J connectivity index is 2.56. The van der Waals surface area contributed by atoms with E-state index < -0.39 is 10.0 Å². The molecule has 1 radical (unpaired) electrons. The van der Waals surface area contributed by atoms with E-state index in [2.05, 4.69) is 0 Å². The van der Waals surface area contributed by atoms with E-state index in [1.165, 1.54) is 4.31 Å². The fourth-order valence-corrected chi connectivity index (χ4v) is 2.45. The first-order chi connectivity index (χ1) is 5.56. The molecule has 0 aromatic rings. The van der Waals surface area contributed by atoms with Crippen LogP contribution in [0.2, 0.25) is 0 Å². The predicted molar refractivity (Wildman–Crippen MR) is 47.2 cm³/mol. The summed E-state index contributed by atoms with van der Waals surface area (Å²) in [7, 11) is -2.99. The average Bonchev–Trinajstić information content (AvgIpc) is 2.05. The molecule has 0 amide bonds. The summed E-state index contributed by atoms with van der Waals surface area (Å²) in [5.74, 6) is 0.176. The van der Waals surface area contributed by atoms with Gasteiger partial charge < -0.3 is 0 Å². The molecule has 0 unspecified atom stereocenters. The summed E-state index contributed by atoms with van der Waals surface area (Å²) in [6.45, 7) is 2.72. The summed E-state index contributed by atoms with van der Waals surface area (Å²) >= 11 is 0. The first-order valence-corrected chi connectivity index (χ1v) is 5.86. The Morgan fingerprint density at radius 3 is 2.33 bits per heavy atom. The number of sulfonamides is 1. The normalized spacial score (nSPS) is 22.8. The van der Waals surface area contributed by atoms with Crippen molar-refractivity contribution < 1.29 is 8.42 Å². The third-order valence-corrected chi connectivity index (χ3v) is 4.09. The number of hydrogen-bond acceptors (Lipinski definition) is 2. The van der Waals surface area contributed by atoms with Crippen LogP contribution in [0.25, 0.3) is 0 Å². The highest BCUT2D eigenvalue weighted by molar-refractivity contribution is 7.89. The van der Waals surface area contributed by atoms with Gasteiger partial charge in [0.2, 0.25) is 10.0 Å². The van der Waals surface area contributed by atoms with Gasteiger partial charge in [-0.05, 0) is 19.8 Å². The van der Waals surface area contributed by atoms with Crippen LogP contribution in [0.3, 0.4) is 0 Å². The Morgan fingerprint density at radius 2 is 1.92 bits per heavy atom. The largest absolute Gasteiger partial charge is 0.254 e. The van der Waals surface area contributed by atoms with Crippen molar-refractivity contribution in [2.45, 2.75) is 25.8 Å². The maximum absolute atomic E-state index is 11.3. The third-order valence-electron chi connectivity index (χ3n) is 2.21. The quantitative estimate of drug-likeness (QED) is 0.620. The van der Waals surface area contributed by atoms with E-state index >= 15 is 0 Å². The molecule has 5 heteroatoms. The summed E-state index contributed by atoms with van der Waals surface area (Å²) in [5, 5.41) is 0. The molecule has 0 bridgehead atoms. The predicted octanol–water partition coefficient (Wildman–Crippen LogP) is 0.0834. The molecule has 71 valence electrons. The van der Waals surface area contributed by atoms with Crippen molar-refractivity contribution in [1.82, 2.24) is 10.0 Å². The molecular weight excluding hydrogens is 176 g/mol. The summed E-state index contributed by atoms with van der Waals surface area (Å²) in [5.41, 5.74) is 7.40. The molecule has 1 rings (SSSR count). The van der Waals surface area contributed by atoms with Crippen molar-refractivity contribution in [2.75, 3.05) is 18.8 Å². The Morgan fingerprint density at radius 1 is 1.42 bits per heavy atom. The zero-order valence-corrected chi connectivity index (χ0v) is 8.10. The first kappa shape index (κ1) is 9.95. The van der Waals surface area contributed by atoms with Gasteiger partial charge in [0, 0.05) is 19.1 Å². The molecule has 1 aliphatic rings. The number of rotatable bonds is 2. The lowest BCUT2D eigenvalue weighted by Gasteiger charge is -2.28. The van der Waals surface area contributed by atoms with Crippen LogP contribution in [0.1, 0.15) is 19.8 Å². The second-order valence-corrected chi connectivity index (χ2v) is 5.33. The highest BCUT2D eigenvalue weighted by atomic mass is 32.2. The van der Waals surface area contributed by atoms with Crippen LogP contribution in [0.5, 0.6) is 0 Å². The fraction of sp³-hybridized carbons (Fsp3) is 1.00. The second-order valence-electron chi connectivity index (χ2n) is 3.07. The van der Waals surface area contributed by atoms with Crippen LogP contribution in [-0.2, 0) is 10.0 Å². The Kier molecular flexibility index (Phi) is 3.09. The van der Waals surface area contributed by atoms with Gasteiger partial charge in [-0.15, -0.1) is 0 Å². The van der Waals surface area contributed by atoms with Gasteiger partial charge in [0.05, 0.1) is 5.75 Å². The second kappa shape index (κ2) is 3.72. The van der Waals surface area contributed by atoms with Gasteiger partial charge in [-0.2, -0.15) is 0 Å². The number of piperidine rings is 1. The molecule has 1 heterocycles. The SMILES string of the molecule is CCS(=O)(=O)N1CCC([NH])CC1. The van der Waals surface area contributed by atoms with Crippen LogP contribution < -0.4 is 5.73 Å². The maximum Gasteiger partial charge on any atom is 0.213 e.